The number of aromatic nitrogens is 4. The molecule has 2 fully saturated rings. The molecule has 4 rings (SSSR count). The van der Waals surface area contributed by atoms with Crippen LogP contribution in [0.25, 0.3) is 0 Å². The lowest BCUT2D eigenvalue weighted by atomic mass is 10.0. The summed E-state index contributed by atoms with van der Waals surface area (Å²) in [6.45, 7) is 7.50. The summed E-state index contributed by atoms with van der Waals surface area (Å²) in [4.78, 5) is 5.01. The molecule has 27 heavy (non-hydrogen) atoms. The Morgan fingerprint density at radius 3 is 2.56 bits per heavy atom. The molecular weight excluding hydrogens is 340 g/mol. The molecule has 1 saturated carbocycles. The van der Waals surface area contributed by atoms with Crippen molar-refractivity contribution in [3.05, 3.63) is 35.7 Å². The van der Waals surface area contributed by atoms with Crippen LogP contribution in [0.4, 0.5) is 0 Å². The van der Waals surface area contributed by atoms with E-state index in [1.165, 1.54) is 25.7 Å². The molecule has 0 N–H and O–H groups in total. The average molecular weight is 371 g/mol. The second-order valence-corrected chi connectivity index (χ2v) is 7.53. The zero-order chi connectivity index (χ0) is 18.6. The molecule has 0 spiro atoms. The summed E-state index contributed by atoms with van der Waals surface area (Å²) in [5.74, 6) is 1.86. The Morgan fingerprint density at radius 1 is 1.11 bits per heavy atom. The van der Waals surface area contributed by atoms with E-state index in [4.69, 9.17) is 4.74 Å². The van der Waals surface area contributed by atoms with E-state index < -0.39 is 0 Å². The van der Waals surface area contributed by atoms with Gasteiger partial charge in [0.25, 0.3) is 0 Å². The molecule has 2 aliphatic rings. The number of hydrogen-bond acceptors (Lipinski definition) is 6. The summed E-state index contributed by atoms with van der Waals surface area (Å²) in [6.07, 6.45) is 4.86. The number of nitrogens with zero attached hydrogens (tertiary/aromatic N) is 6. The summed E-state index contributed by atoms with van der Waals surface area (Å²) >= 11 is 0. The molecule has 146 valence electrons. The summed E-state index contributed by atoms with van der Waals surface area (Å²) in [7, 11) is 1.74. The van der Waals surface area contributed by atoms with Crippen LogP contribution in [0.5, 0.6) is 5.75 Å². The monoisotopic (exact) mass is 370 g/mol. The van der Waals surface area contributed by atoms with Crippen LogP contribution in [0.3, 0.4) is 0 Å². The molecule has 2 aromatic rings. The van der Waals surface area contributed by atoms with Crippen molar-refractivity contribution in [3.63, 3.8) is 0 Å². The van der Waals surface area contributed by atoms with Gasteiger partial charge in [-0.2, -0.15) is 0 Å². The molecule has 7 heteroatoms. The molecule has 1 saturated heterocycles. The predicted molar refractivity (Wildman–Crippen MR) is 104 cm³/mol. The molecule has 1 aromatic heterocycles. The molecule has 2 heterocycles. The second-order valence-electron chi connectivity index (χ2n) is 7.53. The van der Waals surface area contributed by atoms with Crippen LogP contribution in [-0.2, 0) is 0 Å². The maximum atomic E-state index is 5.71. The third kappa shape index (κ3) is 3.71. The van der Waals surface area contributed by atoms with Crippen molar-refractivity contribution in [1.82, 2.24) is 30.0 Å². The van der Waals surface area contributed by atoms with Gasteiger partial charge in [0, 0.05) is 31.7 Å². The highest BCUT2D eigenvalue weighted by Gasteiger charge is 2.34. The second kappa shape index (κ2) is 8.35. The molecule has 1 aliphatic heterocycles. The maximum absolute atomic E-state index is 5.71. The summed E-state index contributed by atoms with van der Waals surface area (Å²) < 4.78 is 7.80. The van der Waals surface area contributed by atoms with Crippen LogP contribution in [-0.4, -0.2) is 69.8 Å². The van der Waals surface area contributed by atoms with E-state index in [1.807, 2.05) is 12.1 Å². The van der Waals surface area contributed by atoms with Gasteiger partial charge in [-0.05, 0) is 35.9 Å². The normalized spacial score (nSPS) is 20.8. The lowest BCUT2D eigenvalue weighted by Gasteiger charge is -2.39. The Morgan fingerprint density at radius 2 is 1.85 bits per heavy atom. The number of para-hydroxylation sites is 1. The zero-order valence-corrected chi connectivity index (χ0v) is 16.4. The highest BCUT2D eigenvalue weighted by Crippen LogP contribution is 2.37. The van der Waals surface area contributed by atoms with E-state index in [0.717, 1.165) is 49.9 Å². The predicted octanol–water partition coefficient (Wildman–Crippen LogP) is 2.52. The average Bonchev–Trinajstić information content (AvgIpc) is 3.41. The van der Waals surface area contributed by atoms with Gasteiger partial charge in [-0.1, -0.05) is 38.0 Å². The Labute approximate surface area is 161 Å². The zero-order valence-electron chi connectivity index (χ0n) is 16.4. The van der Waals surface area contributed by atoms with Crippen LogP contribution >= 0.6 is 0 Å². The fraction of sp³-hybridized carbons (Fsp3) is 0.650. The van der Waals surface area contributed by atoms with Crippen LogP contribution in [0, 0.1) is 0 Å². The third-order valence-corrected chi connectivity index (χ3v) is 6.09. The highest BCUT2D eigenvalue weighted by molar-refractivity contribution is 5.39. The number of benzene rings is 1. The van der Waals surface area contributed by atoms with Gasteiger partial charge in [0.2, 0.25) is 0 Å². The molecule has 0 bridgehead atoms. The largest absolute Gasteiger partial charge is 0.496 e. The molecule has 1 unspecified atom stereocenters. The topological polar surface area (TPSA) is 59.3 Å². The lowest BCUT2D eigenvalue weighted by Crippen LogP contribution is -2.48. The molecular formula is C20H30N6O. The first-order valence-electron chi connectivity index (χ1n) is 10.2. The SMILES string of the molecule is CCN1CCN(C(c2ccccc2OC)c2nnnn2C2CCCC2)CC1. The number of ether oxygens (including phenoxy) is 1. The minimum atomic E-state index is 0.0238. The lowest BCUT2D eigenvalue weighted by molar-refractivity contribution is 0.106. The standard InChI is InChI=1S/C20H30N6O/c1-3-24-12-14-25(15-13-24)19(17-10-6-7-11-18(17)27-2)20-21-22-23-26(20)16-8-4-5-9-16/h6-7,10-11,16,19H,3-5,8-9,12-15H2,1-2H3. The number of tetrazole rings is 1. The van der Waals surface area contributed by atoms with Gasteiger partial charge in [0.05, 0.1) is 13.2 Å². The molecule has 1 aromatic carbocycles. The summed E-state index contributed by atoms with van der Waals surface area (Å²) in [6, 6.07) is 8.74. The van der Waals surface area contributed by atoms with E-state index in [2.05, 4.69) is 49.1 Å². The quantitative estimate of drug-likeness (QED) is 0.779. The maximum Gasteiger partial charge on any atom is 0.173 e. The number of methoxy groups -OCH3 is 1. The molecule has 1 aliphatic carbocycles. The third-order valence-electron chi connectivity index (χ3n) is 6.09. The number of likely N-dealkylation sites (N-methyl/N-ethyl adjacent to an activating group) is 1. The highest BCUT2D eigenvalue weighted by atomic mass is 16.5. The van der Waals surface area contributed by atoms with E-state index >= 15 is 0 Å². The van der Waals surface area contributed by atoms with Crippen LogP contribution in [0.1, 0.15) is 56.1 Å². The fourth-order valence-electron chi connectivity index (χ4n) is 4.52. The summed E-state index contributed by atoms with van der Waals surface area (Å²) in [5, 5.41) is 13.0. The Bertz CT molecular complexity index is 734. The van der Waals surface area contributed by atoms with E-state index in [1.54, 1.807) is 7.11 Å². The van der Waals surface area contributed by atoms with Crippen LogP contribution in [0.2, 0.25) is 0 Å². The van der Waals surface area contributed by atoms with Crippen molar-refractivity contribution in [2.45, 2.75) is 44.7 Å². The van der Waals surface area contributed by atoms with Gasteiger partial charge in [-0.25, -0.2) is 4.68 Å². The smallest absolute Gasteiger partial charge is 0.173 e. The molecule has 1 atom stereocenters. The Balaban J connectivity index is 1.72. The molecule has 0 amide bonds. The summed E-state index contributed by atoms with van der Waals surface area (Å²) in [5.41, 5.74) is 1.15. The first-order chi connectivity index (χ1) is 13.3. The van der Waals surface area contributed by atoms with Crippen molar-refractivity contribution >= 4 is 0 Å². The molecule has 0 radical (unpaired) electrons. The van der Waals surface area contributed by atoms with Gasteiger partial charge in [0.1, 0.15) is 11.8 Å². The van der Waals surface area contributed by atoms with Crippen LogP contribution < -0.4 is 4.74 Å². The van der Waals surface area contributed by atoms with Crippen molar-refractivity contribution in [3.8, 4) is 5.75 Å². The van der Waals surface area contributed by atoms with Crippen LogP contribution in [0.15, 0.2) is 24.3 Å². The minimum absolute atomic E-state index is 0.0238. The van der Waals surface area contributed by atoms with Crippen molar-refractivity contribution in [1.29, 1.82) is 0 Å². The van der Waals surface area contributed by atoms with E-state index in [-0.39, 0.29) is 6.04 Å². The molecule has 7 nitrogen and oxygen atoms in total. The van der Waals surface area contributed by atoms with Gasteiger partial charge in [-0.15, -0.1) is 5.10 Å². The Hall–Kier alpha value is -1.99. The Kier molecular flexibility index (Phi) is 5.69. The van der Waals surface area contributed by atoms with Crippen molar-refractivity contribution in [2.24, 2.45) is 0 Å². The van der Waals surface area contributed by atoms with Crippen molar-refractivity contribution in [2.75, 3.05) is 39.8 Å². The number of piperazine rings is 1. The minimum Gasteiger partial charge on any atom is -0.496 e. The first-order valence-corrected chi connectivity index (χ1v) is 10.2. The van der Waals surface area contributed by atoms with Gasteiger partial charge in [0.15, 0.2) is 5.82 Å². The van der Waals surface area contributed by atoms with E-state index in [0.29, 0.717) is 6.04 Å². The fourth-order valence-corrected chi connectivity index (χ4v) is 4.52. The van der Waals surface area contributed by atoms with E-state index in [9.17, 15) is 0 Å². The number of hydrogen-bond donors (Lipinski definition) is 0. The van der Waals surface area contributed by atoms with Gasteiger partial charge in [-0.3, -0.25) is 4.90 Å². The van der Waals surface area contributed by atoms with Crippen molar-refractivity contribution < 1.29 is 4.74 Å². The van der Waals surface area contributed by atoms with Gasteiger partial charge >= 0.3 is 0 Å². The number of rotatable bonds is 6. The first kappa shape index (κ1) is 18.4. The van der Waals surface area contributed by atoms with Gasteiger partial charge < -0.3 is 9.64 Å².